The van der Waals surface area contributed by atoms with Gasteiger partial charge in [0.1, 0.15) is 5.82 Å². The van der Waals surface area contributed by atoms with Gasteiger partial charge in [-0.05, 0) is 49.2 Å². The molecule has 0 saturated heterocycles. The number of carbonyl (C=O) groups excluding carboxylic acids is 1. The molecule has 0 atom stereocenters. The number of hydrogen-bond acceptors (Lipinski definition) is 6. The molecule has 0 radical (unpaired) electrons. The standard InChI is InChI=1S/C24H25N7O/c1-15(32)25-17-10-12-18(13-11-17)26-24-27-20-9-5-4-8-19(20)23(29-24)28-22-14-21(30-31-22)16-6-2-3-7-16/h4-5,8-14,16H,2-3,6-7H2,1H3,(H,25,32)(H3,26,27,28,29,30,31). The van der Waals surface area contributed by atoms with E-state index in [4.69, 9.17) is 4.98 Å². The first-order valence-electron chi connectivity index (χ1n) is 10.9. The van der Waals surface area contributed by atoms with Crippen LogP contribution in [0.5, 0.6) is 0 Å². The van der Waals surface area contributed by atoms with Gasteiger partial charge in [-0.25, -0.2) is 4.98 Å². The van der Waals surface area contributed by atoms with Gasteiger partial charge in [-0.15, -0.1) is 0 Å². The van der Waals surface area contributed by atoms with E-state index in [2.05, 4.69) is 37.2 Å². The maximum Gasteiger partial charge on any atom is 0.229 e. The van der Waals surface area contributed by atoms with Gasteiger partial charge >= 0.3 is 0 Å². The Morgan fingerprint density at radius 1 is 0.969 bits per heavy atom. The second-order valence-corrected chi connectivity index (χ2v) is 8.11. The Bertz CT molecular complexity index is 1240. The molecule has 2 aromatic heterocycles. The average molecular weight is 428 g/mol. The molecule has 1 aliphatic carbocycles. The van der Waals surface area contributed by atoms with E-state index < -0.39 is 0 Å². The molecule has 2 aromatic carbocycles. The Morgan fingerprint density at radius 3 is 2.50 bits per heavy atom. The number of nitrogens with zero attached hydrogens (tertiary/aromatic N) is 3. The number of aromatic nitrogens is 4. The zero-order chi connectivity index (χ0) is 21.9. The number of benzene rings is 2. The zero-order valence-corrected chi connectivity index (χ0v) is 17.9. The van der Waals surface area contributed by atoms with E-state index in [1.165, 1.54) is 38.3 Å². The Kier molecular flexibility index (Phi) is 5.41. The van der Waals surface area contributed by atoms with Crippen LogP contribution in [0.25, 0.3) is 10.9 Å². The first kappa shape index (κ1) is 20.0. The highest BCUT2D eigenvalue weighted by molar-refractivity contribution is 5.92. The molecule has 8 heteroatoms. The van der Waals surface area contributed by atoms with E-state index in [1.54, 1.807) is 0 Å². The molecule has 4 aromatic rings. The van der Waals surface area contributed by atoms with Crippen molar-refractivity contribution >= 4 is 45.8 Å². The third-order valence-electron chi connectivity index (χ3n) is 5.70. The fraction of sp³-hybridized carbons (Fsp3) is 0.250. The number of H-pyrrole nitrogens is 1. The molecular formula is C24H25N7O. The molecule has 162 valence electrons. The highest BCUT2D eigenvalue weighted by Crippen LogP contribution is 2.34. The Morgan fingerprint density at radius 2 is 1.72 bits per heavy atom. The van der Waals surface area contributed by atoms with Crippen LogP contribution in [0.2, 0.25) is 0 Å². The van der Waals surface area contributed by atoms with Crippen molar-refractivity contribution in [3.63, 3.8) is 0 Å². The van der Waals surface area contributed by atoms with E-state index in [0.717, 1.165) is 28.1 Å². The molecular weight excluding hydrogens is 402 g/mol. The maximum absolute atomic E-state index is 11.2. The summed E-state index contributed by atoms with van der Waals surface area (Å²) in [5.41, 5.74) is 3.57. The minimum atomic E-state index is -0.103. The van der Waals surface area contributed by atoms with Gasteiger partial charge in [0, 0.05) is 41.4 Å². The summed E-state index contributed by atoms with van der Waals surface area (Å²) in [6, 6.07) is 17.4. The van der Waals surface area contributed by atoms with Crippen LogP contribution >= 0.6 is 0 Å². The number of hydrogen-bond donors (Lipinski definition) is 4. The first-order chi connectivity index (χ1) is 15.6. The van der Waals surface area contributed by atoms with Gasteiger partial charge in [0.2, 0.25) is 11.9 Å². The SMILES string of the molecule is CC(=O)Nc1ccc(Nc2nc(Nc3cc(C4CCCC4)[nH]n3)c3ccccc3n2)cc1. The van der Waals surface area contributed by atoms with E-state index in [1.807, 2.05) is 48.5 Å². The number of rotatable bonds is 6. The lowest BCUT2D eigenvalue weighted by Crippen LogP contribution is -2.05. The van der Waals surface area contributed by atoms with Gasteiger partial charge < -0.3 is 16.0 Å². The molecule has 0 unspecified atom stereocenters. The summed E-state index contributed by atoms with van der Waals surface area (Å²) in [7, 11) is 0. The second kappa shape index (κ2) is 8.66. The molecule has 0 spiro atoms. The number of anilines is 5. The summed E-state index contributed by atoms with van der Waals surface area (Å²) < 4.78 is 0. The minimum Gasteiger partial charge on any atom is -0.326 e. The van der Waals surface area contributed by atoms with Crippen molar-refractivity contribution in [1.29, 1.82) is 0 Å². The largest absolute Gasteiger partial charge is 0.326 e. The van der Waals surface area contributed by atoms with Crippen molar-refractivity contribution < 1.29 is 4.79 Å². The predicted molar refractivity (Wildman–Crippen MR) is 127 cm³/mol. The zero-order valence-electron chi connectivity index (χ0n) is 17.9. The third-order valence-corrected chi connectivity index (χ3v) is 5.70. The molecule has 32 heavy (non-hydrogen) atoms. The number of fused-ring (bicyclic) bond motifs is 1. The van der Waals surface area contributed by atoms with E-state index in [0.29, 0.717) is 17.7 Å². The van der Waals surface area contributed by atoms with Crippen molar-refractivity contribution in [3.05, 3.63) is 60.3 Å². The van der Waals surface area contributed by atoms with Crippen LogP contribution in [0.15, 0.2) is 54.6 Å². The number of aromatic amines is 1. The summed E-state index contributed by atoms with van der Waals surface area (Å²) in [6.45, 7) is 1.49. The summed E-state index contributed by atoms with van der Waals surface area (Å²) in [5, 5.41) is 17.9. The van der Waals surface area contributed by atoms with Crippen molar-refractivity contribution in [2.24, 2.45) is 0 Å². The molecule has 8 nitrogen and oxygen atoms in total. The van der Waals surface area contributed by atoms with Crippen LogP contribution in [-0.2, 0) is 4.79 Å². The van der Waals surface area contributed by atoms with Crippen LogP contribution < -0.4 is 16.0 Å². The predicted octanol–water partition coefficient (Wildman–Crippen LogP) is 5.46. The van der Waals surface area contributed by atoms with Crippen LogP contribution in [0, 0.1) is 0 Å². The van der Waals surface area contributed by atoms with Crippen LogP contribution in [-0.4, -0.2) is 26.1 Å². The van der Waals surface area contributed by atoms with Gasteiger partial charge in [0.15, 0.2) is 5.82 Å². The Hall–Kier alpha value is -3.94. The van der Waals surface area contributed by atoms with Crippen molar-refractivity contribution in [3.8, 4) is 0 Å². The lowest BCUT2D eigenvalue weighted by atomic mass is 10.0. The molecule has 1 saturated carbocycles. The van der Waals surface area contributed by atoms with Crippen molar-refractivity contribution in [2.45, 2.75) is 38.5 Å². The van der Waals surface area contributed by atoms with Crippen LogP contribution in [0.3, 0.4) is 0 Å². The molecule has 0 bridgehead atoms. The van der Waals surface area contributed by atoms with Crippen LogP contribution in [0.1, 0.15) is 44.2 Å². The molecule has 4 N–H and O–H groups in total. The second-order valence-electron chi connectivity index (χ2n) is 8.11. The Balaban J connectivity index is 1.41. The topological polar surface area (TPSA) is 108 Å². The van der Waals surface area contributed by atoms with E-state index in [9.17, 15) is 4.79 Å². The lowest BCUT2D eigenvalue weighted by molar-refractivity contribution is -0.114. The first-order valence-corrected chi connectivity index (χ1v) is 10.9. The summed E-state index contributed by atoms with van der Waals surface area (Å²) in [5.74, 6) is 2.38. The lowest BCUT2D eigenvalue weighted by Gasteiger charge is -2.11. The molecule has 5 rings (SSSR count). The highest BCUT2D eigenvalue weighted by atomic mass is 16.1. The molecule has 1 aliphatic rings. The monoisotopic (exact) mass is 427 g/mol. The quantitative estimate of drug-likeness (QED) is 0.326. The summed E-state index contributed by atoms with van der Waals surface area (Å²) in [4.78, 5) is 20.6. The Labute approximate surface area is 185 Å². The van der Waals surface area contributed by atoms with Gasteiger partial charge in [0.25, 0.3) is 0 Å². The van der Waals surface area contributed by atoms with Crippen molar-refractivity contribution in [1.82, 2.24) is 20.2 Å². The number of nitrogens with one attached hydrogen (secondary N) is 4. The van der Waals surface area contributed by atoms with Crippen molar-refractivity contribution in [2.75, 3.05) is 16.0 Å². The molecule has 1 fully saturated rings. The molecule has 1 amide bonds. The number of para-hydroxylation sites is 1. The average Bonchev–Trinajstić information content (AvgIpc) is 3.47. The molecule has 2 heterocycles. The smallest absolute Gasteiger partial charge is 0.229 e. The van der Waals surface area contributed by atoms with E-state index >= 15 is 0 Å². The highest BCUT2D eigenvalue weighted by Gasteiger charge is 2.19. The van der Waals surface area contributed by atoms with Gasteiger partial charge in [-0.3, -0.25) is 9.89 Å². The van der Waals surface area contributed by atoms with Gasteiger partial charge in [-0.1, -0.05) is 25.0 Å². The van der Waals surface area contributed by atoms with Crippen LogP contribution in [0.4, 0.5) is 29.0 Å². The maximum atomic E-state index is 11.2. The van der Waals surface area contributed by atoms with Gasteiger partial charge in [-0.2, -0.15) is 10.1 Å². The molecule has 0 aliphatic heterocycles. The number of carbonyl (C=O) groups is 1. The fourth-order valence-electron chi connectivity index (χ4n) is 4.16. The van der Waals surface area contributed by atoms with Gasteiger partial charge in [0.05, 0.1) is 5.52 Å². The summed E-state index contributed by atoms with van der Waals surface area (Å²) in [6.07, 6.45) is 4.99. The number of amides is 1. The summed E-state index contributed by atoms with van der Waals surface area (Å²) >= 11 is 0. The minimum absolute atomic E-state index is 0.103. The fourth-order valence-corrected chi connectivity index (χ4v) is 4.16. The third kappa shape index (κ3) is 4.39. The normalized spacial score (nSPS) is 13.9. The van der Waals surface area contributed by atoms with E-state index in [-0.39, 0.29) is 5.91 Å².